The second-order valence-electron chi connectivity index (χ2n) is 4.28. The van der Waals surface area contributed by atoms with E-state index in [4.69, 9.17) is 11.6 Å². The Morgan fingerprint density at radius 3 is 3.10 bits per heavy atom. The molecule has 0 saturated heterocycles. The third-order valence-corrected chi connectivity index (χ3v) is 5.20. The summed E-state index contributed by atoms with van der Waals surface area (Å²) in [6.07, 6.45) is 0. The number of nitrogens with zero attached hydrogens (tertiary/aromatic N) is 1. The minimum atomic E-state index is -0.343. The van der Waals surface area contributed by atoms with Crippen LogP contribution in [0.25, 0.3) is 0 Å². The molecule has 0 bridgehead atoms. The minimum Gasteiger partial charge on any atom is -0.301 e. The van der Waals surface area contributed by atoms with Gasteiger partial charge in [-0.25, -0.2) is 9.37 Å². The number of aromatic nitrogens is 2. The number of aromatic amines is 1. The summed E-state index contributed by atoms with van der Waals surface area (Å²) in [5.74, 6) is 1.46. The molecule has 0 saturated carbocycles. The summed E-state index contributed by atoms with van der Waals surface area (Å²) in [4.78, 5) is 19.0. The quantitative estimate of drug-likeness (QED) is 0.690. The molecule has 20 heavy (non-hydrogen) atoms. The second-order valence-corrected chi connectivity index (χ2v) is 6.63. The SMILES string of the molecule is O=c1[nH]c(SCc2c(F)cccc2Cl)nc2c1CSC2. The van der Waals surface area contributed by atoms with Crippen molar-refractivity contribution < 1.29 is 4.39 Å². The second kappa shape index (κ2) is 5.79. The number of hydrogen-bond donors (Lipinski definition) is 1. The van der Waals surface area contributed by atoms with Gasteiger partial charge in [0.15, 0.2) is 5.16 Å². The maximum Gasteiger partial charge on any atom is 0.255 e. The molecular weight excluding hydrogens is 319 g/mol. The van der Waals surface area contributed by atoms with Gasteiger partial charge in [-0.05, 0) is 12.1 Å². The first-order chi connectivity index (χ1) is 9.65. The Hall–Kier alpha value is -0.980. The van der Waals surface area contributed by atoms with E-state index in [1.807, 2.05) is 0 Å². The summed E-state index contributed by atoms with van der Waals surface area (Å²) >= 11 is 8.93. The first-order valence-electron chi connectivity index (χ1n) is 5.90. The highest BCUT2D eigenvalue weighted by molar-refractivity contribution is 7.98. The Balaban J connectivity index is 1.83. The molecule has 3 nitrogen and oxygen atoms in total. The summed E-state index contributed by atoms with van der Waals surface area (Å²) in [5.41, 5.74) is 1.92. The van der Waals surface area contributed by atoms with Gasteiger partial charge in [0.25, 0.3) is 5.56 Å². The van der Waals surface area contributed by atoms with Gasteiger partial charge in [0, 0.05) is 33.4 Å². The van der Waals surface area contributed by atoms with Crippen LogP contribution < -0.4 is 5.56 Å². The van der Waals surface area contributed by atoms with E-state index in [9.17, 15) is 9.18 Å². The van der Waals surface area contributed by atoms with Gasteiger partial charge in [-0.15, -0.1) is 0 Å². The molecule has 104 valence electrons. The van der Waals surface area contributed by atoms with E-state index < -0.39 is 0 Å². The average Bonchev–Trinajstić information content (AvgIpc) is 2.87. The van der Waals surface area contributed by atoms with Crippen molar-refractivity contribution in [2.24, 2.45) is 0 Å². The molecule has 1 aromatic heterocycles. The normalized spacial score (nSPS) is 13.5. The Bertz CT molecular complexity index is 700. The maximum atomic E-state index is 13.7. The van der Waals surface area contributed by atoms with Crippen LogP contribution in [0.5, 0.6) is 0 Å². The van der Waals surface area contributed by atoms with Gasteiger partial charge in [-0.3, -0.25) is 4.79 Å². The fraction of sp³-hybridized carbons (Fsp3) is 0.231. The first kappa shape index (κ1) is 14.0. The van der Waals surface area contributed by atoms with Crippen LogP contribution in [0.1, 0.15) is 16.8 Å². The average molecular weight is 329 g/mol. The Morgan fingerprint density at radius 1 is 1.45 bits per heavy atom. The van der Waals surface area contributed by atoms with Crippen molar-refractivity contribution in [3.8, 4) is 0 Å². The molecular formula is C13H10ClFN2OS2. The van der Waals surface area contributed by atoms with Crippen molar-refractivity contribution in [2.45, 2.75) is 22.4 Å². The Kier molecular flexibility index (Phi) is 4.05. The third kappa shape index (κ3) is 2.73. The van der Waals surface area contributed by atoms with Crippen molar-refractivity contribution >= 4 is 35.1 Å². The monoisotopic (exact) mass is 328 g/mol. The molecule has 0 aliphatic carbocycles. The zero-order chi connectivity index (χ0) is 14.1. The number of H-pyrrole nitrogens is 1. The predicted octanol–water partition coefficient (Wildman–Crippen LogP) is 3.60. The lowest BCUT2D eigenvalue weighted by Crippen LogP contribution is -2.14. The molecule has 1 aliphatic rings. The zero-order valence-electron chi connectivity index (χ0n) is 10.3. The summed E-state index contributed by atoms with van der Waals surface area (Å²) < 4.78 is 13.7. The number of thioether (sulfide) groups is 2. The fourth-order valence-electron chi connectivity index (χ4n) is 1.92. The highest BCUT2D eigenvalue weighted by atomic mass is 35.5. The predicted molar refractivity (Wildman–Crippen MR) is 80.8 cm³/mol. The summed E-state index contributed by atoms with van der Waals surface area (Å²) in [6.45, 7) is 0. The molecule has 1 N–H and O–H groups in total. The van der Waals surface area contributed by atoms with Crippen LogP contribution in [-0.4, -0.2) is 9.97 Å². The van der Waals surface area contributed by atoms with E-state index >= 15 is 0 Å². The van der Waals surface area contributed by atoms with Gasteiger partial charge in [0.05, 0.1) is 5.69 Å². The van der Waals surface area contributed by atoms with E-state index in [1.165, 1.54) is 17.8 Å². The summed E-state index contributed by atoms with van der Waals surface area (Å²) in [5, 5.41) is 0.895. The number of rotatable bonds is 3. The molecule has 0 amide bonds. The molecule has 2 aromatic rings. The number of hydrogen-bond acceptors (Lipinski definition) is 4. The van der Waals surface area contributed by atoms with Crippen molar-refractivity contribution in [3.05, 3.63) is 56.2 Å². The lowest BCUT2D eigenvalue weighted by Gasteiger charge is -2.06. The van der Waals surface area contributed by atoms with Crippen LogP contribution in [0, 0.1) is 5.82 Å². The lowest BCUT2D eigenvalue weighted by molar-refractivity contribution is 0.617. The Morgan fingerprint density at radius 2 is 2.30 bits per heavy atom. The van der Waals surface area contributed by atoms with Crippen molar-refractivity contribution in [1.82, 2.24) is 9.97 Å². The van der Waals surface area contributed by atoms with Crippen LogP contribution in [0.4, 0.5) is 4.39 Å². The summed E-state index contributed by atoms with van der Waals surface area (Å²) in [6, 6.07) is 4.59. The van der Waals surface area contributed by atoms with Crippen LogP contribution in [0.3, 0.4) is 0 Å². The largest absolute Gasteiger partial charge is 0.301 e. The third-order valence-electron chi connectivity index (χ3n) is 2.98. The van der Waals surface area contributed by atoms with E-state index in [0.29, 0.717) is 27.2 Å². The zero-order valence-corrected chi connectivity index (χ0v) is 12.7. The Labute approximate surface area is 128 Å². The van der Waals surface area contributed by atoms with Crippen molar-refractivity contribution in [2.75, 3.05) is 0 Å². The molecule has 7 heteroatoms. The summed E-state index contributed by atoms with van der Waals surface area (Å²) in [7, 11) is 0. The highest BCUT2D eigenvalue weighted by Crippen LogP contribution is 2.29. The van der Waals surface area contributed by atoms with Crippen LogP contribution in [0.2, 0.25) is 5.02 Å². The van der Waals surface area contributed by atoms with Gasteiger partial charge in [0.1, 0.15) is 5.82 Å². The molecule has 2 heterocycles. The van der Waals surface area contributed by atoms with Gasteiger partial charge in [-0.2, -0.15) is 11.8 Å². The lowest BCUT2D eigenvalue weighted by atomic mass is 10.2. The molecule has 1 aliphatic heterocycles. The van der Waals surface area contributed by atoms with Gasteiger partial charge < -0.3 is 4.98 Å². The number of halogens is 2. The van der Waals surface area contributed by atoms with Gasteiger partial charge in [-0.1, -0.05) is 29.4 Å². The number of nitrogens with one attached hydrogen (secondary N) is 1. The van der Waals surface area contributed by atoms with E-state index in [1.54, 1.807) is 23.9 Å². The van der Waals surface area contributed by atoms with Gasteiger partial charge in [0.2, 0.25) is 0 Å². The molecule has 0 spiro atoms. The molecule has 0 radical (unpaired) electrons. The van der Waals surface area contributed by atoms with Crippen LogP contribution in [0.15, 0.2) is 28.2 Å². The molecule has 0 atom stereocenters. The topological polar surface area (TPSA) is 45.8 Å². The number of fused-ring (bicyclic) bond motifs is 1. The minimum absolute atomic E-state index is 0.0952. The molecule has 3 rings (SSSR count). The molecule has 0 unspecified atom stereocenters. The first-order valence-corrected chi connectivity index (χ1v) is 8.42. The molecule has 1 aromatic carbocycles. The van der Waals surface area contributed by atoms with Crippen molar-refractivity contribution in [3.63, 3.8) is 0 Å². The standard InChI is InChI=1S/C13H10ClFN2OS2/c14-9-2-1-3-10(15)7(9)5-20-13-16-11-6-19-4-8(11)12(18)17-13/h1-3H,4-6H2,(H,16,17,18). The van der Waals surface area contributed by atoms with E-state index in [0.717, 1.165) is 17.0 Å². The molecule has 0 fully saturated rings. The smallest absolute Gasteiger partial charge is 0.255 e. The van der Waals surface area contributed by atoms with Crippen LogP contribution in [-0.2, 0) is 17.3 Å². The van der Waals surface area contributed by atoms with Crippen LogP contribution >= 0.6 is 35.1 Å². The fourth-order valence-corrected chi connectivity index (χ4v) is 4.18. The van der Waals surface area contributed by atoms with E-state index in [-0.39, 0.29) is 11.4 Å². The van der Waals surface area contributed by atoms with E-state index in [2.05, 4.69) is 9.97 Å². The highest BCUT2D eigenvalue weighted by Gasteiger charge is 2.18. The van der Waals surface area contributed by atoms with Crippen molar-refractivity contribution in [1.29, 1.82) is 0 Å². The number of benzene rings is 1. The van der Waals surface area contributed by atoms with Gasteiger partial charge >= 0.3 is 0 Å². The maximum absolute atomic E-state index is 13.7.